The summed E-state index contributed by atoms with van der Waals surface area (Å²) >= 11 is 0. The van der Waals surface area contributed by atoms with Crippen molar-refractivity contribution >= 4 is 17.8 Å². The summed E-state index contributed by atoms with van der Waals surface area (Å²) in [6.45, 7) is 3.96. The van der Waals surface area contributed by atoms with Gasteiger partial charge in [-0.3, -0.25) is 14.9 Å². The summed E-state index contributed by atoms with van der Waals surface area (Å²) in [7, 11) is 0. The van der Waals surface area contributed by atoms with Gasteiger partial charge in [0.1, 0.15) is 5.54 Å². The molecule has 1 saturated heterocycles. The van der Waals surface area contributed by atoms with Gasteiger partial charge in [0.25, 0.3) is 11.8 Å². The van der Waals surface area contributed by atoms with Gasteiger partial charge in [-0.1, -0.05) is 42.0 Å². The molecule has 0 saturated carbocycles. The first-order valence-corrected chi connectivity index (χ1v) is 11.3. The van der Waals surface area contributed by atoms with Gasteiger partial charge in [0.15, 0.2) is 0 Å². The average molecular weight is 482 g/mol. The van der Waals surface area contributed by atoms with Gasteiger partial charge in [-0.2, -0.15) is 0 Å². The number of rotatable bonds is 6. The Morgan fingerprint density at radius 1 is 0.889 bits per heavy atom. The number of urea groups is 1. The van der Waals surface area contributed by atoms with Crippen LogP contribution in [-0.2, 0) is 16.9 Å². The molecule has 36 heavy (non-hydrogen) atoms. The number of imide groups is 1. The van der Waals surface area contributed by atoms with Crippen LogP contribution in [0.25, 0.3) is 22.9 Å². The van der Waals surface area contributed by atoms with E-state index in [1.54, 1.807) is 43.3 Å². The molecular formula is C27H23N5O4. The zero-order valence-corrected chi connectivity index (χ0v) is 19.7. The van der Waals surface area contributed by atoms with Crippen LogP contribution in [0.4, 0.5) is 4.79 Å². The molecule has 0 bridgehead atoms. The Morgan fingerprint density at radius 3 is 2.03 bits per heavy atom. The van der Waals surface area contributed by atoms with Crippen molar-refractivity contribution < 1.29 is 18.8 Å². The van der Waals surface area contributed by atoms with Crippen LogP contribution in [0.15, 0.2) is 77.2 Å². The molecule has 1 aliphatic rings. The summed E-state index contributed by atoms with van der Waals surface area (Å²) in [5.41, 5.74) is 3.59. The molecule has 4 amide bonds. The highest BCUT2D eigenvalue weighted by molar-refractivity contribution is 6.07. The molecule has 9 heteroatoms. The van der Waals surface area contributed by atoms with Gasteiger partial charge in [-0.05, 0) is 61.4 Å². The molecule has 0 aliphatic carbocycles. The van der Waals surface area contributed by atoms with E-state index in [-0.39, 0.29) is 5.91 Å². The van der Waals surface area contributed by atoms with Gasteiger partial charge in [0.2, 0.25) is 11.8 Å². The van der Waals surface area contributed by atoms with Gasteiger partial charge in [0, 0.05) is 23.2 Å². The molecule has 1 aliphatic heterocycles. The van der Waals surface area contributed by atoms with Crippen LogP contribution in [0.3, 0.4) is 0 Å². The molecule has 1 aromatic heterocycles. The fourth-order valence-electron chi connectivity index (χ4n) is 3.90. The number of nitrogens with one attached hydrogen (secondary N) is 3. The highest BCUT2D eigenvalue weighted by atomic mass is 16.4. The van der Waals surface area contributed by atoms with E-state index in [0.717, 1.165) is 16.7 Å². The monoisotopic (exact) mass is 481 g/mol. The summed E-state index contributed by atoms with van der Waals surface area (Å²) in [4.78, 5) is 36.2. The Morgan fingerprint density at radius 2 is 1.47 bits per heavy atom. The van der Waals surface area contributed by atoms with Gasteiger partial charge in [-0.15, -0.1) is 10.2 Å². The van der Waals surface area contributed by atoms with Crippen molar-refractivity contribution in [2.45, 2.75) is 25.9 Å². The fourth-order valence-corrected chi connectivity index (χ4v) is 3.90. The number of benzene rings is 3. The molecular weight excluding hydrogens is 458 g/mol. The Bertz CT molecular complexity index is 1440. The maximum Gasteiger partial charge on any atom is 0.322 e. The van der Waals surface area contributed by atoms with E-state index < -0.39 is 17.5 Å². The summed E-state index contributed by atoms with van der Waals surface area (Å²) in [5.74, 6) is 0.177. The average Bonchev–Trinajstić information content (AvgIpc) is 3.48. The lowest BCUT2D eigenvalue weighted by molar-refractivity contribution is -0.123. The van der Waals surface area contributed by atoms with E-state index in [4.69, 9.17) is 4.42 Å². The first kappa shape index (κ1) is 23.0. The number of carbonyl (C=O) groups excluding carboxylic acids is 3. The van der Waals surface area contributed by atoms with Crippen LogP contribution in [0.1, 0.15) is 34.0 Å². The molecule has 1 atom stereocenters. The molecule has 0 radical (unpaired) electrons. The van der Waals surface area contributed by atoms with Crippen LogP contribution >= 0.6 is 0 Å². The summed E-state index contributed by atoms with van der Waals surface area (Å²) in [6.07, 6.45) is 0. The number of aromatic nitrogens is 2. The van der Waals surface area contributed by atoms with Crippen molar-refractivity contribution in [2.24, 2.45) is 0 Å². The van der Waals surface area contributed by atoms with E-state index in [2.05, 4.69) is 26.1 Å². The van der Waals surface area contributed by atoms with Crippen molar-refractivity contribution in [1.29, 1.82) is 0 Å². The van der Waals surface area contributed by atoms with Crippen LogP contribution in [-0.4, -0.2) is 28.0 Å². The number of hydrogen-bond donors (Lipinski definition) is 3. The zero-order chi connectivity index (χ0) is 25.3. The molecule has 180 valence electrons. The summed E-state index contributed by atoms with van der Waals surface area (Å²) < 4.78 is 5.80. The minimum atomic E-state index is -1.11. The molecule has 4 aromatic rings. The lowest BCUT2D eigenvalue weighted by Crippen LogP contribution is -2.40. The Hall–Kier alpha value is -4.79. The topological polar surface area (TPSA) is 126 Å². The van der Waals surface area contributed by atoms with Crippen molar-refractivity contribution in [1.82, 2.24) is 26.1 Å². The number of aryl methyl sites for hydroxylation is 1. The SMILES string of the molecule is Cc1ccc(-c2nnc(-c3ccc(C(=O)NCc4ccc(C5(C)NC(=O)NC5=O)cc4)cc3)o2)cc1. The molecule has 1 fully saturated rings. The van der Waals surface area contributed by atoms with E-state index in [0.29, 0.717) is 35.0 Å². The zero-order valence-electron chi connectivity index (χ0n) is 19.7. The Kier molecular flexibility index (Phi) is 5.81. The molecule has 3 N–H and O–H groups in total. The van der Waals surface area contributed by atoms with Gasteiger partial charge in [-0.25, -0.2) is 4.79 Å². The summed E-state index contributed by atoms with van der Waals surface area (Å²) in [6, 6.07) is 21.4. The van der Waals surface area contributed by atoms with Crippen molar-refractivity contribution in [3.05, 3.63) is 95.1 Å². The van der Waals surface area contributed by atoms with E-state index in [1.807, 2.05) is 43.3 Å². The normalized spacial score (nSPS) is 16.9. The highest BCUT2D eigenvalue weighted by Crippen LogP contribution is 2.26. The third-order valence-corrected chi connectivity index (χ3v) is 6.15. The lowest BCUT2D eigenvalue weighted by atomic mass is 9.91. The first-order valence-electron chi connectivity index (χ1n) is 11.3. The molecule has 3 aromatic carbocycles. The predicted octanol–water partition coefficient (Wildman–Crippen LogP) is 3.70. The molecule has 9 nitrogen and oxygen atoms in total. The number of nitrogens with zero attached hydrogens (tertiary/aromatic N) is 2. The van der Waals surface area contributed by atoms with Crippen molar-refractivity contribution in [3.8, 4) is 22.9 Å². The van der Waals surface area contributed by atoms with Crippen molar-refractivity contribution in [2.75, 3.05) is 0 Å². The Labute approximate surface area is 206 Å². The van der Waals surface area contributed by atoms with Crippen LogP contribution < -0.4 is 16.0 Å². The van der Waals surface area contributed by atoms with Gasteiger partial charge < -0.3 is 15.1 Å². The van der Waals surface area contributed by atoms with E-state index in [9.17, 15) is 14.4 Å². The standard InChI is InChI=1S/C27H23N5O4/c1-16-3-7-19(8-4-16)23-31-32-24(36-23)20-11-9-18(10-12-20)22(33)28-15-17-5-13-21(14-6-17)27(2)25(34)29-26(35)30-27/h3-14H,15H2,1-2H3,(H,28,33)(H2,29,30,34,35). The third kappa shape index (κ3) is 4.46. The van der Waals surface area contributed by atoms with E-state index >= 15 is 0 Å². The van der Waals surface area contributed by atoms with Crippen LogP contribution in [0.5, 0.6) is 0 Å². The number of carbonyl (C=O) groups is 3. The quantitative estimate of drug-likeness (QED) is 0.361. The molecule has 1 unspecified atom stereocenters. The fraction of sp³-hybridized carbons (Fsp3) is 0.148. The minimum Gasteiger partial charge on any atom is -0.416 e. The van der Waals surface area contributed by atoms with Crippen LogP contribution in [0, 0.1) is 6.92 Å². The lowest BCUT2D eigenvalue weighted by Gasteiger charge is -2.21. The maximum atomic E-state index is 12.6. The second-order valence-corrected chi connectivity index (χ2v) is 8.77. The van der Waals surface area contributed by atoms with Crippen LogP contribution in [0.2, 0.25) is 0 Å². The Balaban J connectivity index is 1.20. The maximum absolute atomic E-state index is 12.6. The molecule has 0 spiro atoms. The second-order valence-electron chi connectivity index (χ2n) is 8.77. The molecule has 2 heterocycles. The smallest absolute Gasteiger partial charge is 0.322 e. The van der Waals surface area contributed by atoms with Crippen molar-refractivity contribution in [3.63, 3.8) is 0 Å². The first-order chi connectivity index (χ1) is 17.3. The molecule has 5 rings (SSSR count). The second kappa shape index (κ2) is 9.10. The van der Waals surface area contributed by atoms with E-state index in [1.165, 1.54) is 0 Å². The third-order valence-electron chi connectivity index (χ3n) is 6.15. The van der Waals surface area contributed by atoms with Gasteiger partial charge in [0.05, 0.1) is 0 Å². The minimum absolute atomic E-state index is 0.231. The number of hydrogen-bond acceptors (Lipinski definition) is 6. The summed E-state index contributed by atoms with van der Waals surface area (Å²) in [5, 5.41) is 16.0. The number of amides is 4. The highest BCUT2D eigenvalue weighted by Gasteiger charge is 2.43. The predicted molar refractivity (Wildman–Crippen MR) is 132 cm³/mol. The largest absolute Gasteiger partial charge is 0.416 e. The van der Waals surface area contributed by atoms with Gasteiger partial charge >= 0.3 is 6.03 Å².